The molecule has 1 aromatic heterocycles. The normalized spacial score (nSPS) is 10.3. The van der Waals surface area contributed by atoms with E-state index in [2.05, 4.69) is 20.6 Å². The average Bonchev–Trinajstić information content (AvgIpc) is 2.41. The summed E-state index contributed by atoms with van der Waals surface area (Å²) in [5.74, 6) is 1.05. The van der Waals surface area contributed by atoms with E-state index < -0.39 is 5.82 Å². The molecule has 0 saturated carbocycles. The topological polar surface area (TPSA) is 49.8 Å². The van der Waals surface area contributed by atoms with Crippen LogP contribution < -0.4 is 10.6 Å². The first-order valence-corrected chi connectivity index (χ1v) is 6.30. The second-order valence-electron chi connectivity index (χ2n) is 3.92. The molecule has 0 aliphatic rings. The van der Waals surface area contributed by atoms with Crippen molar-refractivity contribution < 1.29 is 4.39 Å². The Hall–Kier alpha value is -1.88. The van der Waals surface area contributed by atoms with Crippen LogP contribution in [0.2, 0.25) is 5.02 Å². The molecule has 0 spiro atoms. The van der Waals surface area contributed by atoms with Crippen LogP contribution in [0.5, 0.6) is 0 Å². The second kappa shape index (κ2) is 6.33. The maximum absolute atomic E-state index is 13.0. The first-order chi connectivity index (χ1) is 9.19. The van der Waals surface area contributed by atoms with Gasteiger partial charge in [0.2, 0.25) is 0 Å². The largest absolute Gasteiger partial charge is 0.370 e. The van der Waals surface area contributed by atoms with Crippen molar-refractivity contribution in [1.29, 1.82) is 0 Å². The minimum Gasteiger partial charge on any atom is -0.370 e. The van der Waals surface area contributed by atoms with Crippen LogP contribution in [0.15, 0.2) is 30.6 Å². The monoisotopic (exact) mass is 280 g/mol. The summed E-state index contributed by atoms with van der Waals surface area (Å²) >= 11 is 5.72. The van der Waals surface area contributed by atoms with Gasteiger partial charge >= 0.3 is 0 Å². The molecule has 0 radical (unpaired) electrons. The fourth-order valence-electron chi connectivity index (χ4n) is 1.57. The lowest BCUT2D eigenvalue weighted by atomic mass is 10.2. The lowest BCUT2D eigenvalue weighted by Gasteiger charge is -2.08. The Bertz CT molecular complexity index is 562. The predicted molar refractivity (Wildman–Crippen MR) is 74.9 cm³/mol. The zero-order valence-corrected chi connectivity index (χ0v) is 11.2. The molecule has 2 N–H and O–H groups in total. The summed E-state index contributed by atoms with van der Waals surface area (Å²) in [5.41, 5.74) is 0.884. The summed E-state index contributed by atoms with van der Waals surface area (Å²) in [6.45, 7) is 3.31. The van der Waals surface area contributed by atoms with Crippen molar-refractivity contribution in [2.45, 2.75) is 13.5 Å². The number of nitrogens with one attached hydrogen (secondary N) is 2. The van der Waals surface area contributed by atoms with Crippen LogP contribution in [0, 0.1) is 5.82 Å². The third-order valence-electron chi connectivity index (χ3n) is 2.48. The Morgan fingerprint density at radius 3 is 2.58 bits per heavy atom. The van der Waals surface area contributed by atoms with E-state index >= 15 is 0 Å². The molecule has 0 aliphatic carbocycles. The summed E-state index contributed by atoms with van der Waals surface area (Å²) in [5, 5.41) is 6.36. The molecule has 0 saturated heterocycles. The number of benzene rings is 1. The van der Waals surface area contributed by atoms with E-state index in [9.17, 15) is 4.39 Å². The Kier molecular flexibility index (Phi) is 4.52. The maximum Gasteiger partial charge on any atom is 0.141 e. The molecule has 0 fully saturated rings. The molecule has 1 heterocycles. The van der Waals surface area contributed by atoms with Crippen LogP contribution in [-0.2, 0) is 6.54 Å². The quantitative estimate of drug-likeness (QED) is 0.882. The van der Waals surface area contributed by atoms with Gasteiger partial charge in [-0.1, -0.05) is 17.7 Å². The van der Waals surface area contributed by atoms with Gasteiger partial charge < -0.3 is 10.6 Å². The van der Waals surface area contributed by atoms with Gasteiger partial charge in [0.1, 0.15) is 23.8 Å². The van der Waals surface area contributed by atoms with E-state index in [0.29, 0.717) is 12.4 Å². The second-order valence-corrected chi connectivity index (χ2v) is 4.33. The zero-order valence-electron chi connectivity index (χ0n) is 10.5. The molecule has 4 nitrogen and oxygen atoms in total. The molecule has 0 atom stereocenters. The van der Waals surface area contributed by atoms with Crippen LogP contribution in [0.3, 0.4) is 0 Å². The van der Waals surface area contributed by atoms with E-state index in [1.54, 1.807) is 12.1 Å². The van der Waals surface area contributed by atoms with Gasteiger partial charge in [0.15, 0.2) is 0 Å². The van der Waals surface area contributed by atoms with Crippen molar-refractivity contribution in [2.75, 3.05) is 17.2 Å². The Labute approximate surface area is 116 Å². The van der Waals surface area contributed by atoms with Crippen LogP contribution >= 0.6 is 11.6 Å². The van der Waals surface area contributed by atoms with E-state index in [1.807, 2.05) is 13.0 Å². The van der Waals surface area contributed by atoms with Crippen molar-refractivity contribution in [2.24, 2.45) is 0 Å². The summed E-state index contributed by atoms with van der Waals surface area (Å²) in [6, 6.07) is 6.44. The number of rotatable bonds is 5. The van der Waals surface area contributed by atoms with Crippen LogP contribution in [-0.4, -0.2) is 16.5 Å². The van der Waals surface area contributed by atoms with E-state index in [-0.39, 0.29) is 5.02 Å². The maximum atomic E-state index is 13.0. The minimum atomic E-state index is -0.415. The molecule has 2 rings (SSSR count). The summed E-state index contributed by atoms with van der Waals surface area (Å²) in [6.07, 6.45) is 1.48. The standard InChI is InChI=1S/C13H14ClFN4/c1-2-16-12-6-13(19-8-18-12)17-7-9-3-4-11(15)10(14)5-9/h3-6,8H,2,7H2,1H3,(H2,16,17,18,19). The summed E-state index contributed by atoms with van der Waals surface area (Å²) < 4.78 is 13.0. The highest BCUT2D eigenvalue weighted by atomic mass is 35.5. The van der Waals surface area contributed by atoms with Gasteiger partial charge in [0.05, 0.1) is 5.02 Å². The molecular weight excluding hydrogens is 267 g/mol. The number of anilines is 2. The predicted octanol–water partition coefficient (Wildman–Crippen LogP) is 3.31. The number of aromatic nitrogens is 2. The highest BCUT2D eigenvalue weighted by Gasteiger charge is 2.02. The van der Waals surface area contributed by atoms with Gasteiger partial charge in [0, 0.05) is 19.2 Å². The molecule has 0 unspecified atom stereocenters. The molecule has 6 heteroatoms. The number of hydrogen-bond donors (Lipinski definition) is 2. The van der Waals surface area contributed by atoms with Gasteiger partial charge in [-0.05, 0) is 24.6 Å². The highest BCUT2D eigenvalue weighted by molar-refractivity contribution is 6.30. The number of nitrogens with zero attached hydrogens (tertiary/aromatic N) is 2. The van der Waals surface area contributed by atoms with Crippen LogP contribution in [0.4, 0.5) is 16.0 Å². The molecule has 0 bridgehead atoms. The minimum absolute atomic E-state index is 0.121. The third kappa shape index (κ3) is 3.79. The molecular formula is C13H14ClFN4. The molecule has 0 amide bonds. The van der Waals surface area contributed by atoms with Crippen molar-refractivity contribution in [3.05, 3.63) is 47.0 Å². The van der Waals surface area contributed by atoms with Gasteiger partial charge in [-0.25, -0.2) is 14.4 Å². The smallest absolute Gasteiger partial charge is 0.141 e. The first-order valence-electron chi connectivity index (χ1n) is 5.92. The molecule has 0 aliphatic heterocycles. The van der Waals surface area contributed by atoms with Gasteiger partial charge in [-0.15, -0.1) is 0 Å². The van der Waals surface area contributed by atoms with Crippen LogP contribution in [0.25, 0.3) is 0 Å². The SMILES string of the molecule is CCNc1cc(NCc2ccc(F)c(Cl)c2)ncn1. The van der Waals surface area contributed by atoms with Gasteiger partial charge in [0.25, 0.3) is 0 Å². The number of halogens is 2. The number of hydrogen-bond acceptors (Lipinski definition) is 4. The lowest BCUT2D eigenvalue weighted by molar-refractivity contribution is 0.627. The first kappa shape index (κ1) is 13.5. The van der Waals surface area contributed by atoms with Crippen molar-refractivity contribution in [1.82, 2.24) is 9.97 Å². The highest BCUT2D eigenvalue weighted by Crippen LogP contribution is 2.17. The fourth-order valence-corrected chi connectivity index (χ4v) is 1.78. The van der Waals surface area contributed by atoms with Gasteiger partial charge in [-0.2, -0.15) is 0 Å². The third-order valence-corrected chi connectivity index (χ3v) is 2.77. The van der Waals surface area contributed by atoms with Crippen molar-refractivity contribution in [3.63, 3.8) is 0 Å². The Morgan fingerprint density at radius 1 is 1.16 bits per heavy atom. The van der Waals surface area contributed by atoms with E-state index in [1.165, 1.54) is 12.4 Å². The molecule has 19 heavy (non-hydrogen) atoms. The summed E-state index contributed by atoms with van der Waals surface area (Å²) in [7, 11) is 0. The van der Waals surface area contributed by atoms with Gasteiger partial charge in [-0.3, -0.25) is 0 Å². The Balaban J connectivity index is 2.01. The molecule has 100 valence electrons. The van der Waals surface area contributed by atoms with Crippen molar-refractivity contribution in [3.8, 4) is 0 Å². The fraction of sp³-hybridized carbons (Fsp3) is 0.231. The van der Waals surface area contributed by atoms with E-state index in [0.717, 1.165) is 17.9 Å². The van der Waals surface area contributed by atoms with E-state index in [4.69, 9.17) is 11.6 Å². The lowest BCUT2D eigenvalue weighted by Crippen LogP contribution is -2.04. The molecule has 2 aromatic rings. The van der Waals surface area contributed by atoms with Crippen LogP contribution in [0.1, 0.15) is 12.5 Å². The molecule has 1 aromatic carbocycles. The zero-order chi connectivity index (χ0) is 13.7. The average molecular weight is 281 g/mol. The van der Waals surface area contributed by atoms with Crippen molar-refractivity contribution >= 4 is 23.2 Å². The Morgan fingerprint density at radius 2 is 1.89 bits per heavy atom. The summed E-state index contributed by atoms with van der Waals surface area (Å²) in [4.78, 5) is 8.18.